The Labute approximate surface area is 286 Å². The van der Waals surface area contributed by atoms with Gasteiger partial charge in [0.15, 0.2) is 0 Å². The number of aliphatic hydroxyl groups excluding tert-OH is 1. The first kappa shape index (κ1) is 36.9. The van der Waals surface area contributed by atoms with Gasteiger partial charge >= 0.3 is 0 Å². The number of benzene rings is 1. The van der Waals surface area contributed by atoms with Gasteiger partial charge in [-0.05, 0) is 148 Å². The monoisotopic (exact) mass is 643 g/mol. The van der Waals surface area contributed by atoms with Gasteiger partial charge in [0.1, 0.15) is 0 Å². The highest BCUT2D eigenvalue weighted by molar-refractivity contribution is 5.60. The lowest BCUT2D eigenvalue weighted by Gasteiger charge is -2.62. The van der Waals surface area contributed by atoms with Gasteiger partial charge in [-0.3, -0.25) is 0 Å². The van der Waals surface area contributed by atoms with Crippen molar-refractivity contribution in [2.24, 2.45) is 57.3 Å². The molecule has 1 aromatic carbocycles. The van der Waals surface area contributed by atoms with E-state index in [0.717, 1.165) is 60.2 Å². The van der Waals surface area contributed by atoms with E-state index in [-0.39, 0.29) is 16.9 Å². The zero-order valence-electron chi connectivity index (χ0n) is 30.7. The third kappa shape index (κ3) is 7.41. The van der Waals surface area contributed by atoms with Crippen molar-refractivity contribution in [2.75, 3.05) is 18.1 Å². The summed E-state index contributed by atoms with van der Waals surface area (Å²) in [5.41, 5.74) is 24.1. The quantitative estimate of drug-likeness (QED) is 0.105. The summed E-state index contributed by atoms with van der Waals surface area (Å²) < 4.78 is 0. The van der Waals surface area contributed by atoms with Gasteiger partial charge < -0.3 is 27.6 Å². The molecule has 3 fully saturated rings. The number of fused-ring (bicyclic) bond motifs is 5. The molecule has 5 rings (SSSR count). The molecule has 8 N–H and O–H groups in total. The van der Waals surface area contributed by atoms with Gasteiger partial charge in [-0.15, -0.1) is 0 Å². The lowest BCUT2D eigenvalue weighted by molar-refractivity contribution is -0.0813. The minimum absolute atomic E-state index is 0.193. The third-order valence-corrected chi connectivity index (χ3v) is 13.2. The number of hydrogen-bond donors (Lipinski definition) is 5. The van der Waals surface area contributed by atoms with Crippen LogP contribution in [0.3, 0.4) is 0 Å². The average Bonchev–Trinajstić information content (AvgIpc) is 3.37. The van der Waals surface area contributed by atoms with Crippen molar-refractivity contribution in [3.05, 3.63) is 83.8 Å². The van der Waals surface area contributed by atoms with Gasteiger partial charge in [0, 0.05) is 35.2 Å². The molecule has 4 aliphatic carbocycles. The van der Waals surface area contributed by atoms with Gasteiger partial charge in [0.25, 0.3) is 0 Å². The average molecular weight is 643 g/mol. The van der Waals surface area contributed by atoms with E-state index in [2.05, 4.69) is 78.2 Å². The first-order chi connectivity index (χ1) is 22.1. The highest BCUT2D eigenvalue weighted by atomic mass is 16.3. The molecule has 0 heterocycles. The van der Waals surface area contributed by atoms with Gasteiger partial charge in [-0.1, -0.05) is 70.2 Å². The Kier molecular flexibility index (Phi) is 11.5. The zero-order chi connectivity index (χ0) is 34.7. The molecule has 260 valence electrons. The lowest BCUT2D eigenvalue weighted by Crippen LogP contribution is -2.55. The Morgan fingerprint density at radius 1 is 1.09 bits per heavy atom. The minimum atomic E-state index is -0.304. The van der Waals surface area contributed by atoms with Crippen molar-refractivity contribution in [3.63, 3.8) is 0 Å². The van der Waals surface area contributed by atoms with Crippen LogP contribution in [0.25, 0.3) is 0 Å². The molecule has 0 spiro atoms. The molecule has 0 bridgehead atoms. The maximum absolute atomic E-state index is 11.6. The van der Waals surface area contributed by atoms with E-state index in [1.807, 2.05) is 19.2 Å². The molecule has 4 aliphatic rings. The summed E-state index contributed by atoms with van der Waals surface area (Å²) in [4.78, 5) is 0. The molecular formula is C42H66N4O. The Bertz CT molecular complexity index is 1390. The first-order valence-electron chi connectivity index (χ1n) is 18.2. The van der Waals surface area contributed by atoms with Gasteiger partial charge in [0.2, 0.25) is 0 Å². The predicted octanol–water partition coefficient (Wildman–Crippen LogP) is 9.28. The molecule has 47 heavy (non-hydrogen) atoms. The topological polar surface area (TPSA) is 110 Å². The molecule has 0 aromatic heterocycles. The minimum Gasteiger partial charge on any atom is -0.399 e. The van der Waals surface area contributed by atoms with E-state index in [1.54, 1.807) is 11.6 Å². The highest BCUT2D eigenvalue weighted by Crippen LogP contribution is 2.69. The number of rotatable bonds is 9. The number of allylic oxidation sites excluding steroid dienone is 5. The Hall–Kier alpha value is -2.92. The molecule has 0 amide bonds. The summed E-state index contributed by atoms with van der Waals surface area (Å²) in [6, 6.07) is 6.22. The smallest absolute Gasteiger partial charge is 0.0634 e. The van der Waals surface area contributed by atoms with Gasteiger partial charge in [-0.25, -0.2) is 0 Å². The second kappa shape index (κ2) is 14.7. The fraction of sp³-hybridized carbons (Fsp3) is 0.619. The van der Waals surface area contributed by atoms with E-state index in [1.165, 1.54) is 62.2 Å². The van der Waals surface area contributed by atoms with Crippen LogP contribution < -0.4 is 22.5 Å². The molecule has 5 nitrogen and oxygen atoms in total. The van der Waals surface area contributed by atoms with Crippen molar-refractivity contribution in [1.82, 2.24) is 0 Å². The van der Waals surface area contributed by atoms with E-state index >= 15 is 0 Å². The van der Waals surface area contributed by atoms with Crippen molar-refractivity contribution in [3.8, 4) is 0 Å². The van der Waals surface area contributed by atoms with Crippen molar-refractivity contribution in [2.45, 2.75) is 112 Å². The van der Waals surface area contributed by atoms with Crippen LogP contribution in [0.15, 0.2) is 78.2 Å². The number of nitrogens with two attached hydrogens (primary N) is 3. The van der Waals surface area contributed by atoms with E-state index < -0.39 is 0 Å². The second-order valence-electron chi connectivity index (χ2n) is 16.5. The molecule has 0 aliphatic heterocycles. The number of nitrogen functional groups attached to an aromatic ring is 1. The highest BCUT2D eigenvalue weighted by Gasteiger charge is 2.61. The summed E-state index contributed by atoms with van der Waals surface area (Å²) in [6.07, 6.45) is 20.1. The molecular weight excluding hydrogens is 576 g/mol. The van der Waals surface area contributed by atoms with Crippen molar-refractivity contribution >= 4 is 11.4 Å². The Morgan fingerprint density at radius 3 is 2.43 bits per heavy atom. The van der Waals surface area contributed by atoms with Gasteiger partial charge in [0.05, 0.1) is 6.10 Å². The molecule has 3 saturated carbocycles. The maximum Gasteiger partial charge on any atom is 0.0634 e. The molecule has 1 aromatic rings. The van der Waals surface area contributed by atoms with E-state index in [4.69, 9.17) is 17.2 Å². The Balaban J connectivity index is 0.000000555. The van der Waals surface area contributed by atoms with Crippen LogP contribution in [0.1, 0.15) is 105 Å². The van der Waals surface area contributed by atoms with Crippen LogP contribution in [0.2, 0.25) is 0 Å². The second-order valence-corrected chi connectivity index (χ2v) is 16.5. The lowest BCUT2D eigenvalue weighted by atomic mass is 9.43. The standard InChI is InChI=1S/C36H56N2O.C6H10N2/c1-23(2)9-8-10-24(3)28-14-15-29-27-13-16-32-35(5,30(27)17-19-34(28,29)4)20-18-33(39)36(32,6)22-25-11-12-26(37)21-31(25)38-7;1-3-6(8)4-5(2)7/h9,11-12,16,21,24,27-30,33,38-39H,8,10,13-15,17-20,22,37H2,1-7H3;3-4H,1-2,7-8H2/b;6-4+. The van der Waals surface area contributed by atoms with Crippen LogP contribution in [-0.4, -0.2) is 18.3 Å². The Morgan fingerprint density at radius 2 is 1.81 bits per heavy atom. The summed E-state index contributed by atoms with van der Waals surface area (Å²) in [5, 5.41) is 14.9. The number of hydrogen-bond acceptors (Lipinski definition) is 5. The molecule has 0 radical (unpaired) electrons. The maximum atomic E-state index is 11.6. The SMILES string of the molecule is C=C/C(N)=C\C(=C)N.CNc1cc(N)ccc1CC1(C)C2=CCC3C(CCC4(C)C(C(C)CCC=C(C)C)CCC34)C2(C)CCC1O. The van der Waals surface area contributed by atoms with Crippen molar-refractivity contribution in [1.29, 1.82) is 0 Å². The third-order valence-electron chi connectivity index (χ3n) is 13.2. The first-order valence-corrected chi connectivity index (χ1v) is 18.2. The van der Waals surface area contributed by atoms with Gasteiger partial charge in [-0.2, -0.15) is 0 Å². The predicted molar refractivity (Wildman–Crippen MR) is 202 cm³/mol. The molecule has 5 heteroatoms. The fourth-order valence-corrected chi connectivity index (χ4v) is 10.9. The largest absolute Gasteiger partial charge is 0.399 e. The zero-order valence-corrected chi connectivity index (χ0v) is 30.7. The van der Waals surface area contributed by atoms with E-state index in [9.17, 15) is 5.11 Å². The van der Waals surface area contributed by atoms with Crippen molar-refractivity contribution < 1.29 is 5.11 Å². The number of anilines is 2. The molecule has 9 atom stereocenters. The van der Waals surface area contributed by atoms with Crippen LogP contribution in [-0.2, 0) is 6.42 Å². The summed E-state index contributed by atoms with van der Waals surface area (Å²) in [5.74, 6) is 4.09. The van der Waals surface area contributed by atoms with Crippen LogP contribution in [0.4, 0.5) is 11.4 Å². The van der Waals surface area contributed by atoms with Crippen LogP contribution in [0, 0.1) is 45.8 Å². The molecule has 0 saturated heterocycles. The summed E-state index contributed by atoms with van der Waals surface area (Å²) >= 11 is 0. The summed E-state index contributed by atoms with van der Waals surface area (Å²) in [6.45, 7) is 21.5. The number of aliphatic hydroxyl groups is 1. The fourth-order valence-electron chi connectivity index (χ4n) is 10.9. The number of nitrogens with one attached hydrogen (secondary N) is 1. The summed E-state index contributed by atoms with van der Waals surface area (Å²) in [7, 11) is 1.97. The van der Waals surface area contributed by atoms with Crippen LogP contribution in [0.5, 0.6) is 0 Å². The normalized spacial score (nSPS) is 35.1. The molecule has 9 unspecified atom stereocenters. The van der Waals surface area contributed by atoms with Crippen LogP contribution >= 0.6 is 0 Å². The van der Waals surface area contributed by atoms with E-state index in [0.29, 0.717) is 16.8 Å².